The Morgan fingerprint density at radius 3 is 1.10 bits per heavy atom. The van der Waals surface area contributed by atoms with Crippen LogP contribution in [-0.4, -0.2) is 44.1 Å². The van der Waals surface area contributed by atoms with E-state index in [9.17, 15) is 0 Å². The summed E-state index contributed by atoms with van der Waals surface area (Å²) in [6, 6.07) is 0. The largest absolute Gasteiger partial charge is 3.00 e. The second kappa shape index (κ2) is 7.13. The number of rotatable bonds is 0. The molecular weight excluding hydrogens is 199 g/mol. The Morgan fingerprint density at radius 2 is 1.10 bits per heavy atom. The van der Waals surface area contributed by atoms with E-state index in [0.29, 0.717) is 0 Å². The van der Waals surface area contributed by atoms with Crippen LogP contribution in [0.2, 0.25) is 0 Å². The first kappa shape index (κ1) is 16.5. The molecule has 0 bridgehead atoms. The average molecular weight is 199 g/mol. The number of hydrogen-bond acceptors (Lipinski definition) is 7. The van der Waals surface area contributed by atoms with Crippen molar-refractivity contribution in [3.8, 4) is 0 Å². The van der Waals surface area contributed by atoms with Crippen molar-refractivity contribution in [1.29, 1.82) is 0 Å². The van der Waals surface area contributed by atoms with Gasteiger partial charge in [0, 0.05) is 19.6 Å². The summed E-state index contributed by atoms with van der Waals surface area (Å²) in [6.45, 7) is 0. The van der Waals surface area contributed by atoms with Crippen molar-refractivity contribution in [3.63, 3.8) is 0 Å². The summed E-state index contributed by atoms with van der Waals surface area (Å²) in [5, 5.41) is 0. The van der Waals surface area contributed by atoms with Gasteiger partial charge in [-0.15, -0.1) is 0 Å². The third kappa shape index (κ3) is 1060000. The van der Waals surface area contributed by atoms with E-state index in [1.165, 1.54) is 0 Å². The molecule has 0 heterocycles. The van der Waals surface area contributed by atoms with Gasteiger partial charge in [0.2, 0.25) is 0 Å². The molecule has 0 aliphatic rings. The van der Waals surface area contributed by atoms with E-state index in [1.54, 1.807) is 0 Å². The molecular formula is AlO7SSi-. The topological polar surface area (TPSA) is 143 Å². The smallest absolute Gasteiger partial charge is 0.759 e. The zero-order valence-corrected chi connectivity index (χ0v) is 7.31. The maximum atomic E-state index is 8.52. The van der Waals surface area contributed by atoms with Crippen LogP contribution in [0.3, 0.4) is 0 Å². The molecule has 0 amide bonds. The van der Waals surface area contributed by atoms with Crippen molar-refractivity contribution >= 4 is 36.9 Å². The molecule has 0 aromatic heterocycles. The van der Waals surface area contributed by atoms with Crippen LogP contribution in [0.15, 0.2) is 0 Å². The van der Waals surface area contributed by atoms with E-state index in [1.807, 2.05) is 0 Å². The normalized spacial score (nSPS) is 8.20. The van der Waals surface area contributed by atoms with Gasteiger partial charge in [0.1, 0.15) is 0 Å². The van der Waals surface area contributed by atoms with E-state index in [4.69, 9.17) is 31.6 Å². The van der Waals surface area contributed by atoms with Crippen LogP contribution in [0.5, 0.6) is 0 Å². The Bertz CT molecular complexity index is 156. The maximum Gasteiger partial charge on any atom is 3.00 e. The molecule has 0 saturated carbocycles. The fourth-order valence-corrected chi connectivity index (χ4v) is 0. The third-order valence-electron chi connectivity index (χ3n) is 0. The minimum absolute atomic E-state index is 0. The summed E-state index contributed by atoms with van der Waals surface area (Å²) in [7, 11) is -8.80. The fraction of sp³-hybridized carbons (Fsp3) is 0. The van der Waals surface area contributed by atoms with Gasteiger partial charge < -0.3 is 23.2 Å². The Balaban J connectivity index is -0.0000000910. The molecule has 0 rings (SSSR count). The molecule has 0 N–H and O–H groups in total. The molecule has 0 aromatic rings. The molecule has 10 heavy (non-hydrogen) atoms. The van der Waals surface area contributed by atoms with Gasteiger partial charge >= 0.3 is 17.4 Å². The van der Waals surface area contributed by atoms with E-state index >= 15 is 0 Å². The molecule has 7 nitrogen and oxygen atoms in total. The molecule has 0 unspecified atom stereocenters. The van der Waals surface area contributed by atoms with Crippen molar-refractivity contribution in [1.82, 2.24) is 0 Å². The second-order valence-corrected chi connectivity index (χ2v) is 1.97. The van der Waals surface area contributed by atoms with Crippen molar-refractivity contribution < 1.29 is 31.6 Å². The Kier molecular flexibility index (Phi) is 11.8. The minimum atomic E-state index is -5.17. The first-order valence-electron chi connectivity index (χ1n) is 1.28. The molecule has 10 heteroatoms. The Labute approximate surface area is 68.9 Å². The van der Waals surface area contributed by atoms with Gasteiger partial charge in [-0.05, 0) is 0 Å². The van der Waals surface area contributed by atoms with Crippen molar-refractivity contribution in [3.05, 3.63) is 0 Å². The van der Waals surface area contributed by atoms with E-state index in [2.05, 4.69) is 0 Å². The summed E-state index contributed by atoms with van der Waals surface area (Å²) >= 11 is 0. The standard InChI is InChI=1S/Al.H2O4S.O3Si/c;1-5(2,3)4;1-4(2)3/h;(H2,1,2,3,4);/q+3;;-2/p-2. The summed E-state index contributed by atoms with van der Waals surface area (Å²) in [6.07, 6.45) is 0. The van der Waals surface area contributed by atoms with Gasteiger partial charge in [-0.25, -0.2) is 0 Å². The maximum absolute atomic E-state index is 8.52. The minimum Gasteiger partial charge on any atom is -0.759 e. The predicted molar refractivity (Wildman–Crippen MR) is 22.7 cm³/mol. The molecule has 0 radical (unpaired) electrons. The summed E-state index contributed by atoms with van der Waals surface area (Å²) in [5.74, 6) is 0. The summed E-state index contributed by atoms with van der Waals surface area (Å²) in [5.41, 5.74) is 0. The summed E-state index contributed by atoms with van der Waals surface area (Å²) in [4.78, 5) is 17.0. The van der Waals surface area contributed by atoms with Gasteiger partial charge in [0.15, 0.2) is 0 Å². The van der Waals surface area contributed by atoms with Crippen LogP contribution in [0.4, 0.5) is 0 Å². The second-order valence-electron chi connectivity index (χ2n) is 0.658. The van der Waals surface area contributed by atoms with Crippen LogP contribution >= 0.6 is 0 Å². The monoisotopic (exact) mass is 199 g/mol. The molecule has 0 saturated heterocycles. The molecule has 0 atom stereocenters. The van der Waals surface area contributed by atoms with Crippen LogP contribution in [0, 0.1) is 0 Å². The first-order chi connectivity index (χ1) is 3.73. The predicted octanol–water partition coefficient (Wildman–Crippen LogP) is -4.60. The van der Waals surface area contributed by atoms with Gasteiger partial charge in [0.05, 0.1) is 0 Å². The van der Waals surface area contributed by atoms with Gasteiger partial charge in [-0.1, -0.05) is 0 Å². The molecule has 56 valence electrons. The average Bonchev–Trinajstić information content (AvgIpc) is 1.19. The third-order valence-corrected chi connectivity index (χ3v) is 0. The van der Waals surface area contributed by atoms with Gasteiger partial charge in [0.25, 0.3) is 0 Å². The SMILES string of the molecule is O=S(=O)([O-])[O-].O=[Si]([O-])[O-].[Al+3]. The van der Waals surface area contributed by atoms with Crippen LogP contribution in [0.1, 0.15) is 0 Å². The van der Waals surface area contributed by atoms with Crippen LogP contribution < -0.4 is 9.59 Å². The first-order valence-corrected chi connectivity index (χ1v) is 3.84. The van der Waals surface area contributed by atoms with Gasteiger partial charge in [-0.3, -0.25) is 8.42 Å². The van der Waals surface area contributed by atoms with Crippen molar-refractivity contribution in [2.24, 2.45) is 0 Å². The molecule has 0 aromatic carbocycles. The molecule has 0 aliphatic carbocycles. The molecule has 0 fully saturated rings. The summed E-state index contributed by atoms with van der Waals surface area (Å²) < 4.78 is 42.6. The zero-order chi connectivity index (χ0) is 8.08. The fourth-order valence-electron chi connectivity index (χ4n) is 0. The van der Waals surface area contributed by atoms with E-state index in [-0.39, 0.29) is 17.4 Å². The number of hydrogen-bond donors (Lipinski definition) is 0. The quantitative estimate of drug-likeness (QED) is 0.217. The molecule has 0 aliphatic heterocycles. The zero-order valence-electron chi connectivity index (χ0n) is 4.34. The van der Waals surface area contributed by atoms with Gasteiger partial charge in [-0.2, -0.15) is 0 Å². The van der Waals surface area contributed by atoms with Crippen LogP contribution in [0.25, 0.3) is 0 Å². The van der Waals surface area contributed by atoms with E-state index in [0.717, 1.165) is 0 Å². The molecule has 0 spiro atoms. The Morgan fingerprint density at radius 1 is 1.10 bits per heavy atom. The Hall–Kier alpha value is 0.0194. The van der Waals surface area contributed by atoms with Crippen LogP contribution in [-0.2, 0) is 14.9 Å². The van der Waals surface area contributed by atoms with Crippen molar-refractivity contribution in [2.75, 3.05) is 0 Å². The van der Waals surface area contributed by atoms with Crippen molar-refractivity contribution in [2.45, 2.75) is 0 Å². The van der Waals surface area contributed by atoms with E-state index < -0.39 is 19.6 Å².